The van der Waals surface area contributed by atoms with Crippen molar-refractivity contribution >= 4 is 11.6 Å². The predicted molar refractivity (Wildman–Crippen MR) is 132 cm³/mol. The summed E-state index contributed by atoms with van der Waals surface area (Å²) in [6.45, 7) is 0. The van der Waals surface area contributed by atoms with Crippen LogP contribution in [0.3, 0.4) is 0 Å². The van der Waals surface area contributed by atoms with Crippen LogP contribution in [-0.2, 0) is 6.42 Å². The zero-order valence-electron chi connectivity index (χ0n) is 19.9. The van der Waals surface area contributed by atoms with E-state index in [2.05, 4.69) is 5.32 Å². The minimum atomic E-state index is -0.339. The molecule has 0 saturated carbocycles. The Balaban J connectivity index is 1.63. The van der Waals surface area contributed by atoms with Crippen LogP contribution in [0, 0.1) is 0 Å². The first-order chi connectivity index (χ1) is 17.1. The molecule has 1 aliphatic rings. The number of rotatable bonds is 7. The molecule has 0 saturated heterocycles. The number of nitrogens with zero attached hydrogens (tertiary/aromatic N) is 2. The summed E-state index contributed by atoms with van der Waals surface area (Å²) < 4.78 is 23.6. The van der Waals surface area contributed by atoms with Gasteiger partial charge < -0.3 is 24.3 Å². The van der Waals surface area contributed by atoms with Gasteiger partial charge >= 0.3 is 0 Å². The number of amides is 1. The molecule has 0 aliphatic heterocycles. The highest BCUT2D eigenvalue weighted by atomic mass is 16.5. The van der Waals surface area contributed by atoms with E-state index >= 15 is 0 Å². The number of fused-ring (bicyclic) bond motifs is 3. The predicted octanol–water partition coefficient (Wildman–Crippen LogP) is 4.73. The van der Waals surface area contributed by atoms with E-state index in [1.54, 1.807) is 46.6 Å². The molecule has 1 aliphatic carbocycles. The Bertz CT molecular complexity index is 1410. The van der Waals surface area contributed by atoms with Gasteiger partial charge in [0.1, 0.15) is 11.5 Å². The molecule has 178 valence electrons. The van der Waals surface area contributed by atoms with Gasteiger partial charge in [-0.25, -0.2) is 4.68 Å². The average molecular weight is 472 g/mol. The molecule has 3 aromatic carbocycles. The lowest BCUT2D eigenvalue weighted by Crippen LogP contribution is -2.15. The maximum Gasteiger partial charge on any atom is 0.276 e. The largest absolute Gasteiger partial charge is 0.497 e. The maximum atomic E-state index is 13.6. The second-order valence-electron chi connectivity index (χ2n) is 7.98. The molecular formula is C27H25N3O5. The van der Waals surface area contributed by atoms with E-state index in [0.717, 1.165) is 28.1 Å². The summed E-state index contributed by atoms with van der Waals surface area (Å²) >= 11 is 0. The lowest BCUT2D eigenvalue weighted by atomic mass is 10.1. The number of hydrogen-bond donors (Lipinski definition) is 1. The molecule has 4 aromatic rings. The molecule has 5 rings (SSSR count). The number of anilines is 1. The van der Waals surface area contributed by atoms with Gasteiger partial charge in [0.2, 0.25) is 0 Å². The Morgan fingerprint density at radius 1 is 0.857 bits per heavy atom. The van der Waals surface area contributed by atoms with Crippen molar-refractivity contribution < 1.29 is 23.7 Å². The second-order valence-corrected chi connectivity index (χ2v) is 7.98. The van der Waals surface area contributed by atoms with E-state index in [0.29, 0.717) is 40.8 Å². The van der Waals surface area contributed by atoms with Gasteiger partial charge in [0.05, 0.1) is 45.5 Å². The van der Waals surface area contributed by atoms with Gasteiger partial charge in [0.25, 0.3) is 5.91 Å². The van der Waals surface area contributed by atoms with Crippen LogP contribution < -0.4 is 24.3 Å². The van der Waals surface area contributed by atoms with Crippen molar-refractivity contribution in [1.82, 2.24) is 9.78 Å². The molecule has 0 unspecified atom stereocenters. The van der Waals surface area contributed by atoms with Gasteiger partial charge in [-0.15, -0.1) is 0 Å². The first kappa shape index (κ1) is 22.3. The maximum absolute atomic E-state index is 13.6. The SMILES string of the molecule is COc1ccc(OC)c(NC(=O)c2nn(-c3ccccc3)c3c2Cc2cc(OC)c(OC)cc2-3)c1. The Labute approximate surface area is 203 Å². The average Bonchev–Trinajstić information content (AvgIpc) is 3.45. The number of carbonyl (C=O) groups excluding carboxylic acids is 1. The summed E-state index contributed by atoms with van der Waals surface area (Å²) in [4.78, 5) is 13.6. The van der Waals surface area contributed by atoms with Crippen molar-refractivity contribution in [3.63, 3.8) is 0 Å². The summed E-state index contributed by atoms with van der Waals surface area (Å²) in [7, 11) is 6.34. The molecule has 1 amide bonds. The molecule has 0 bridgehead atoms. The van der Waals surface area contributed by atoms with Gasteiger partial charge in [-0.3, -0.25) is 4.79 Å². The smallest absolute Gasteiger partial charge is 0.276 e. The van der Waals surface area contributed by atoms with Crippen molar-refractivity contribution in [1.29, 1.82) is 0 Å². The fourth-order valence-corrected chi connectivity index (χ4v) is 4.40. The Hall–Kier alpha value is -4.46. The van der Waals surface area contributed by atoms with Gasteiger partial charge in [0.15, 0.2) is 17.2 Å². The number of hydrogen-bond acceptors (Lipinski definition) is 6. The highest BCUT2D eigenvalue weighted by Gasteiger charge is 2.32. The monoisotopic (exact) mass is 471 g/mol. The molecule has 1 N–H and O–H groups in total. The van der Waals surface area contributed by atoms with Crippen LogP contribution in [-0.4, -0.2) is 44.1 Å². The lowest BCUT2D eigenvalue weighted by molar-refractivity contribution is 0.102. The highest BCUT2D eigenvalue weighted by Crippen LogP contribution is 2.45. The van der Waals surface area contributed by atoms with Crippen LogP contribution in [0.25, 0.3) is 16.9 Å². The van der Waals surface area contributed by atoms with Crippen molar-refractivity contribution in [2.24, 2.45) is 0 Å². The van der Waals surface area contributed by atoms with E-state index in [1.807, 2.05) is 47.1 Å². The Morgan fingerprint density at radius 2 is 1.57 bits per heavy atom. The molecule has 0 radical (unpaired) electrons. The molecule has 8 heteroatoms. The summed E-state index contributed by atoms with van der Waals surface area (Å²) in [5, 5.41) is 7.70. The molecule has 0 spiro atoms. The minimum Gasteiger partial charge on any atom is -0.497 e. The topological polar surface area (TPSA) is 83.8 Å². The van der Waals surface area contributed by atoms with Gasteiger partial charge in [-0.1, -0.05) is 18.2 Å². The first-order valence-corrected chi connectivity index (χ1v) is 11.0. The summed E-state index contributed by atoms with van der Waals surface area (Å²) in [6, 6.07) is 18.9. The summed E-state index contributed by atoms with van der Waals surface area (Å²) in [6.07, 6.45) is 0.538. The quantitative estimate of drug-likeness (QED) is 0.370. The van der Waals surface area contributed by atoms with Crippen molar-refractivity contribution in [3.8, 4) is 39.9 Å². The van der Waals surface area contributed by atoms with Crippen LogP contribution in [0.15, 0.2) is 60.7 Å². The van der Waals surface area contributed by atoms with E-state index in [1.165, 1.54) is 0 Å². The summed E-state index contributed by atoms with van der Waals surface area (Å²) in [5.74, 6) is 2.05. The normalized spacial score (nSPS) is 11.4. The van der Waals surface area contributed by atoms with E-state index < -0.39 is 0 Å². The molecule has 35 heavy (non-hydrogen) atoms. The number of benzene rings is 3. The zero-order chi connectivity index (χ0) is 24.5. The third-order valence-corrected chi connectivity index (χ3v) is 6.09. The molecule has 1 heterocycles. The van der Waals surface area contributed by atoms with Crippen molar-refractivity contribution in [2.75, 3.05) is 33.8 Å². The third-order valence-electron chi connectivity index (χ3n) is 6.09. The standard InChI is InChI=1S/C27H25N3O5/c1-32-18-10-11-22(33-2)21(14-18)28-27(31)25-20-12-16-13-23(34-3)24(35-4)15-19(16)26(20)30(29-25)17-8-6-5-7-9-17/h5-11,13-15H,12H2,1-4H3,(H,28,31). The van der Waals surface area contributed by atoms with Crippen LogP contribution in [0.5, 0.6) is 23.0 Å². The number of ether oxygens (including phenoxy) is 4. The third kappa shape index (κ3) is 3.82. The number of methoxy groups -OCH3 is 4. The second kappa shape index (κ2) is 9.06. The van der Waals surface area contributed by atoms with Crippen molar-refractivity contribution in [3.05, 3.63) is 77.5 Å². The minimum absolute atomic E-state index is 0.336. The number of nitrogens with one attached hydrogen (secondary N) is 1. The fraction of sp³-hybridized carbons (Fsp3) is 0.185. The number of para-hydroxylation sites is 1. The first-order valence-electron chi connectivity index (χ1n) is 11.0. The molecule has 1 aromatic heterocycles. The van der Waals surface area contributed by atoms with Crippen LogP contribution in [0.4, 0.5) is 5.69 Å². The Kier molecular flexibility index (Phi) is 5.78. The van der Waals surface area contributed by atoms with Gasteiger partial charge in [0, 0.05) is 23.6 Å². The van der Waals surface area contributed by atoms with E-state index in [4.69, 9.17) is 24.0 Å². The molecular weight excluding hydrogens is 446 g/mol. The Morgan fingerprint density at radius 3 is 2.26 bits per heavy atom. The number of aromatic nitrogens is 2. The molecule has 0 atom stereocenters. The molecule has 0 fully saturated rings. The highest BCUT2D eigenvalue weighted by molar-refractivity contribution is 6.06. The van der Waals surface area contributed by atoms with E-state index in [-0.39, 0.29) is 5.91 Å². The van der Waals surface area contributed by atoms with Gasteiger partial charge in [-0.2, -0.15) is 5.10 Å². The zero-order valence-corrected chi connectivity index (χ0v) is 19.9. The lowest BCUT2D eigenvalue weighted by Gasteiger charge is -2.12. The fourth-order valence-electron chi connectivity index (χ4n) is 4.40. The van der Waals surface area contributed by atoms with Gasteiger partial charge in [-0.05, 0) is 42.0 Å². The van der Waals surface area contributed by atoms with Crippen LogP contribution in [0.1, 0.15) is 21.6 Å². The van der Waals surface area contributed by atoms with Crippen LogP contribution in [0.2, 0.25) is 0 Å². The molecule has 8 nitrogen and oxygen atoms in total. The van der Waals surface area contributed by atoms with Crippen LogP contribution >= 0.6 is 0 Å². The summed E-state index contributed by atoms with van der Waals surface area (Å²) in [5.41, 5.74) is 5.36. The van der Waals surface area contributed by atoms with E-state index in [9.17, 15) is 4.79 Å². The number of carbonyl (C=O) groups is 1. The van der Waals surface area contributed by atoms with Crippen molar-refractivity contribution in [2.45, 2.75) is 6.42 Å².